The molecule has 5 heteroatoms. The zero-order valence-corrected chi connectivity index (χ0v) is 15.3. The van der Waals surface area contributed by atoms with Crippen molar-refractivity contribution in [1.29, 1.82) is 0 Å². The van der Waals surface area contributed by atoms with E-state index in [4.69, 9.17) is 9.72 Å². The van der Waals surface area contributed by atoms with Crippen LogP contribution in [0.5, 0.6) is 0 Å². The highest BCUT2D eigenvalue weighted by Crippen LogP contribution is 2.25. The minimum Gasteiger partial charge on any atom is -0.379 e. The van der Waals surface area contributed by atoms with Gasteiger partial charge in [0.15, 0.2) is 0 Å². The molecule has 0 amide bonds. The lowest BCUT2D eigenvalue weighted by Crippen LogP contribution is -2.45. The number of aromatic nitrogens is 2. The minimum atomic E-state index is 0.218. The van der Waals surface area contributed by atoms with Crippen molar-refractivity contribution in [2.45, 2.75) is 45.8 Å². The first-order chi connectivity index (χ1) is 11.6. The molecule has 132 valence electrons. The van der Waals surface area contributed by atoms with E-state index in [0.29, 0.717) is 12.1 Å². The molecular formula is C19H30N4O. The molecule has 3 rings (SSSR count). The molecule has 0 unspecified atom stereocenters. The molecule has 0 saturated carbocycles. The lowest BCUT2D eigenvalue weighted by Gasteiger charge is -2.30. The highest BCUT2D eigenvalue weighted by atomic mass is 16.5. The van der Waals surface area contributed by atoms with Crippen molar-refractivity contribution >= 4 is 11.0 Å². The molecule has 2 heterocycles. The Bertz CT molecular complexity index is 660. The van der Waals surface area contributed by atoms with Crippen molar-refractivity contribution in [2.75, 3.05) is 32.8 Å². The lowest BCUT2D eigenvalue weighted by atomic mass is 10.2. The van der Waals surface area contributed by atoms with Crippen molar-refractivity contribution in [3.05, 3.63) is 30.1 Å². The van der Waals surface area contributed by atoms with Gasteiger partial charge in [-0.3, -0.25) is 4.90 Å². The second-order valence-electron chi connectivity index (χ2n) is 7.12. The van der Waals surface area contributed by atoms with Crippen LogP contribution >= 0.6 is 0 Å². The Hall–Kier alpha value is -1.43. The van der Waals surface area contributed by atoms with Gasteiger partial charge in [-0.25, -0.2) is 4.98 Å². The first-order valence-electron chi connectivity index (χ1n) is 9.09. The van der Waals surface area contributed by atoms with Crippen LogP contribution in [0.3, 0.4) is 0 Å². The van der Waals surface area contributed by atoms with Crippen LogP contribution in [0.4, 0.5) is 0 Å². The van der Waals surface area contributed by atoms with Gasteiger partial charge < -0.3 is 14.6 Å². The number of benzene rings is 1. The molecular weight excluding hydrogens is 300 g/mol. The number of rotatable bonds is 6. The summed E-state index contributed by atoms with van der Waals surface area (Å²) in [5.74, 6) is 1.13. The number of hydrogen-bond donors (Lipinski definition) is 1. The molecule has 0 aliphatic carbocycles. The molecule has 1 aromatic carbocycles. The van der Waals surface area contributed by atoms with Gasteiger partial charge in [0.25, 0.3) is 0 Å². The SMILES string of the molecule is CC(C)n1c([C@H](C)N[C@@H](C)CN2CCOCC2)nc2ccccc21. The third-order valence-corrected chi connectivity index (χ3v) is 4.70. The average Bonchev–Trinajstić information content (AvgIpc) is 2.95. The summed E-state index contributed by atoms with van der Waals surface area (Å²) in [6, 6.07) is 9.44. The van der Waals surface area contributed by atoms with Crippen molar-refractivity contribution in [2.24, 2.45) is 0 Å². The second-order valence-corrected chi connectivity index (χ2v) is 7.12. The number of nitrogens with one attached hydrogen (secondary N) is 1. The van der Waals surface area contributed by atoms with Gasteiger partial charge in [0.2, 0.25) is 0 Å². The Morgan fingerprint density at radius 3 is 2.54 bits per heavy atom. The van der Waals surface area contributed by atoms with E-state index >= 15 is 0 Å². The largest absolute Gasteiger partial charge is 0.379 e. The summed E-state index contributed by atoms with van der Waals surface area (Å²) in [6.07, 6.45) is 0. The van der Waals surface area contributed by atoms with E-state index in [2.05, 4.69) is 66.7 Å². The van der Waals surface area contributed by atoms with E-state index in [1.54, 1.807) is 0 Å². The Labute approximate surface area is 145 Å². The van der Waals surface area contributed by atoms with E-state index in [1.165, 1.54) is 5.52 Å². The average molecular weight is 330 g/mol. The van der Waals surface area contributed by atoms with Gasteiger partial charge in [-0.05, 0) is 39.8 Å². The topological polar surface area (TPSA) is 42.3 Å². The molecule has 24 heavy (non-hydrogen) atoms. The van der Waals surface area contributed by atoms with E-state index < -0.39 is 0 Å². The molecule has 1 aromatic heterocycles. The number of morpholine rings is 1. The Balaban J connectivity index is 1.73. The number of hydrogen-bond acceptors (Lipinski definition) is 4. The summed E-state index contributed by atoms with van der Waals surface area (Å²) < 4.78 is 7.79. The smallest absolute Gasteiger partial charge is 0.127 e. The Morgan fingerprint density at radius 2 is 1.83 bits per heavy atom. The van der Waals surface area contributed by atoms with Crippen molar-refractivity contribution < 1.29 is 4.74 Å². The maximum atomic E-state index is 5.43. The number of ether oxygens (including phenoxy) is 1. The van der Waals surface area contributed by atoms with Crippen LogP contribution in [-0.2, 0) is 4.74 Å². The van der Waals surface area contributed by atoms with Crippen molar-refractivity contribution in [1.82, 2.24) is 19.8 Å². The highest BCUT2D eigenvalue weighted by molar-refractivity contribution is 5.76. The molecule has 2 atom stereocenters. The maximum absolute atomic E-state index is 5.43. The van der Waals surface area contributed by atoms with Gasteiger partial charge in [0.1, 0.15) is 5.82 Å². The van der Waals surface area contributed by atoms with Gasteiger partial charge in [0.05, 0.1) is 30.3 Å². The molecule has 1 aliphatic heterocycles. The van der Waals surface area contributed by atoms with Crippen LogP contribution < -0.4 is 5.32 Å². The summed E-state index contributed by atoms with van der Waals surface area (Å²) >= 11 is 0. The monoisotopic (exact) mass is 330 g/mol. The molecule has 5 nitrogen and oxygen atoms in total. The van der Waals surface area contributed by atoms with Gasteiger partial charge in [0, 0.05) is 31.7 Å². The molecule has 2 aromatic rings. The first-order valence-corrected chi connectivity index (χ1v) is 9.09. The Morgan fingerprint density at radius 1 is 1.12 bits per heavy atom. The first kappa shape index (κ1) is 17.4. The molecule has 1 fully saturated rings. The van der Waals surface area contributed by atoms with E-state index in [-0.39, 0.29) is 6.04 Å². The van der Waals surface area contributed by atoms with Crippen LogP contribution in [0.25, 0.3) is 11.0 Å². The molecule has 1 saturated heterocycles. The highest BCUT2D eigenvalue weighted by Gasteiger charge is 2.21. The third kappa shape index (κ3) is 3.79. The Kier molecular flexibility index (Phi) is 5.54. The fraction of sp³-hybridized carbons (Fsp3) is 0.632. The second kappa shape index (κ2) is 7.64. The molecule has 0 spiro atoms. The fourth-order valence-electron chi connectivity index (χ4n) is 3.64. The number of fused-ring (bicyclic) bond motifs is 1. The maximum Gasteiger partial charge on any atom is 0.127 e. The molecule has 1 aliphatic rings. The summed E-state index contributed by atoms with van der Waals surface area (Å²) in [6.45, 7) is 13.7. The zero-order chi connectivity index (χ0) is 17.1. The third-order valence-electron chi connectivity index (χ3n) is 4.70. The predicted octanol–water partition coefficient (Wildman–Crippen LogP) is 2.99. The normalized spacial score (nSPS) is 19.0. The molecule has 0 radical (unpaired) electrons. The van der Waals surface area contributed by atoms with Gasteiger partial charge >= 0.3 is 0 Å². The number of nitrogens with zero attached hydrogens (tertiary/aromatic N) is 3. The van der Waals surface area contributed by atoms with Crippen LogP contribution in [0.2, 0.25) is 0 Å². The van der Waals surface area contributed by atoms with E-state index in [9.17, 15) is 0 Å². The van der Waals surface area contributed by atoms with Crippen molar-refractivity contribution in [3.8, 4) is 0 Å². The number of para-hydroxylation sites is 2. The van der Waals surface area contributed by atoms with Gasteiger partial charge in [-0.1, -0.05) is 12.1 Å². The van der Waals surface area contributed by atoms with E-state index in [0.717, 1.165) is 44.2 Å². The predicted molar refractivity (Wildman–Crippen MR) is 98.4 cm³/mol. The fourth-order valence-corrected chi connectivity index (χ4v) is 3.64. The van der Waals surface area contributed by atoms with Gasteiger partial charge in [-0.15, -0.1) is 0 Å². The summed E-state index contributed by atoms with van der Waals surface area (Å²) in [7, 11) is 0. The summed E-state index contributed by atoms with van der Waals surface area (Å²) in [5, 5.41) is 3.73. The molecule has 1 N–H and O–H groups in total. The number of imidazole rings is 1. The van der Waals surface area contributed by atoms with Gasteiger partial charge in [-0.2, -0.15) is 0 Å². The van der Waals surface area contributed by atoms with Crippen LogP contribution in [0.1, 0.15) is 45.6 Å². The van der Waals surface area contributed by atoms with Crippen LogP contribution in [0.15, 0.2) is 24.3 Å². The molecule has 0 bridgehead atoms. The lowest BCUT2D eigenvalue weighted by molar-refractivity contribution is 0.0338. The standard InChI is InChI=1S/C19H30N4O/c1-14(2)23-18-8-6-5-7-17(18)21-19(23)16(4)20-15(3)13-22-9-11-24-12-10-22/h5-8,14-16,20H,9-13H2,1-4H3/t15-,16-/m0/s1. The van der Waals surface area contributed by atoms with Crippen LogP contribution in [0, 0.1) is 0 Å². The quantitative estimate of drug-likeness (QED) is 0.884. The minimum absolute atomic E-state index is 0.218. The summed E-state index contributed by atoms with van der Waals surface area (Å²) in [4.78, 5) is 7.37. The van der Waals surface area contributed by atoms with Crippen LogP contribution in [-0.4, -0.2) is 53.3 Å². The van der Waals surface area contributed by atoms with E-state index in [1.807, 2.05) is 0 Å². The zero-order valence-electron chi connectivity index (χ0n) is 15.3. The van der Waals surface area contributed by atoms with Crippen molar-refractivity contribution in [3.63, 3.8) is 0 Å². The summed E-state index contributed by atoms with van der Waals surface area (Å²) in [5.41, 5.74) is 2.30.